The molecule has 0 amide bonds. The quantitative estimate of drug-likeness (QED) is 0.443. The number of hydrogen-bond donors (Lipinski definition) is 2. The number of rotatable bonds is 3. The summed E-state index contributed by atoms with van der Waals surface area (Å²) < 4.78 is 5.59. The molecule has 0 bridgehead atoms. The van der Waals surface area contributed by atoms with Gasteiger partial charge in [0.15, 0.2) is 5.78 Å². The molecule has 9 heteroatoms. The number of alkyl halides is 3. The summed E-state index contributed by atoms with van der Waals surface area (Å²) in [6.07, 6.45) is 5.44. The van der Waals surface area contributed by atoms with Crippen LogP contribution in [-0.4, -0.2) is 49.4 Å². The van der Waals surface area contributed by atoms with Gasteiger partial charge in [-0.3, -0.25) is 4.79 Å². The number of aliphatic hydroxyl groups excluding tert-OH is 1. The number of carbonyl (C=O) groups is 3. The first-order valence-corrected chi connectivity index (χ1v) is 12.1. The summed E-state index contributed by atoms with van der Waals surface area (Å²) in [6, 6.07) is 0. The van der Waals surface area contributed by atoms with Crippen molar-refractivity contribution in [1.82, 2.24) is 0 Å². The molecular formula is C23H27Cl3O6. The van der Waals surface area contributed by atoms with Crippen LogP contribution < -0.4 is 0 Å². The zero-order valence-electron chi connectivity index (χ0n) is 18.1. The van der Waals surface area contributed by atoms with Crippen LogP contribution in [0.4, 0.5) is 0 Å². The smallest absolute Gasteiger partial charge is 0.349 e. The van der Waals surface area contributed by atoms with E-state index in [9.17, 15) is 24.6 Å². The van der Waals surface area contributed by atoms with Crippen LogP contribution in [-0.2, 0) is 19.1 Å². The topological polar surface area (TPSA) is 101 Å². The number of ether oxygens (including phenoxy) is 1. The number of halogens is 3. The zero-order valence-corrected chi connectivity index (χ0v) is 20.4. The number of hydrogen-bond acceptors (Lipinski definition) is 5. The van der Waals surface area contributed by atoms with Crippen LogP contribution in [0, 0.1) is 28.6 Å². The van der Waals surface area contributed by atoms with E-state index < -0.39 is 50.1 Å². The highest BCUT2D eigenvalue weighted by Gasteiger charge is 2.77. The fraction of sp³-hybridized carbons (Fsp3) is 0.696. The molecule has 176 valence electrons. The van der Waals surface area contributed by atoms with Gasteiger partial charge in [-0.25, -0.2) is 9.59 Å². The van der Waals surface area contributed by atoms with E-state index in [1.165, 1.54) is 6.08 Å². The summed E-state index contributed by atoms with van der Waals surface area (Å²) >= 11 is 18.7. The van der Waals surface area contributed by atoms with Crippen molar-refractivity contribution in [3.8, 4) is 0 Å². The molecule has 0 spiro atoms. The van der Waals surface area contributed by atoms with Crippen LogP contribution in [0.25, 0.3) is 0 Å². The molecule has 4 aliphatic carbocycles. The molecule has 3 saturated carbocycles. The highest BCUT2D eigenvalue weighted by Crippen LogP contribution is 2.72. The number of allylic oxidation sites excluding steroid dienone is 4. The normalized spacial score (nSPS) is 47.4. The molecule has 0 aromatic rings. The predicted octanol–water partition coefficient (Wildman–Crippen LogP) is 4.04. The average Bonchev–Trinajstić information content (AvgIpc) is 2.91. The van der Waals surface area contributed by atoms with Crippen LogP contribution >= 0.6 is 34.8 Å². The summed E-state index contributed by atoms with van der Waals surface area (Å²) in [4.78, 5) is 34.4. The van der Waals surface area contributed by atoms with Crippen LogP contribution in [0.2, 0.25) is 0 Å². The van der Waals surface area contributed by atoms with Crippen molar-refractivity contribution in [1.29, 1.82) is 0 Å². The molecule has 8 atom stereocenters. The number of aliphatic carboxylic acids is 1. The van der Waals surface area contributed by atoms with Gasteiger partial charge in [-0.15, -0.1) is 11.6 Å². The van der Waals surface area contributed by atoms with E-state index in [1.807, 2.05) is 6.92 Å². The summed E-state index contributed by atoms with van der Waals surface area (Å²) in [6.45, 7) is 5.43. The second-order valence-electron chi connectivity index (χ2n) is 10.2. The maximum Gasteiger partial charge on any atom is 0.349 e. The number of carbonyl (C=O) groups excluding carboxylic acids is 2. The Kier molecular flexibility index (Phi) is 5.61. The first-order valence-electron chi connectivity index (χ1n) is 10.8. The molecular weight excluding hydrogens is 479 g/mol. The van der Waals surface area contributed by atoms with E-state index in [4.69, 9.17) is 39.5 Å². The second-order valence-corrected chi connectivity index (χ2v) is 11.9. The molecule has 32 heavy (non-hydrogen) atoms. The number of esters is 1. The summed E-state index contributed by atoms with van der Waals surface area (Å²) in [5.74, 6) is -3.45. The van der Waals surface area contributed by atoms with E-state index in [0.29, 0.717) is 19.3 Å². The number of carboxylic acid groups (broad SMARTS) is 1. The van der Waals surface area contributed by atoms with Gasteiger partial charge in [0.25, 0.3) is 0 Å². The van der Waals surface area contributed by atoms with Crippen molar-refractivity contribution in [2.24, 2.45) is 28.6 Å². The minimum atomic E-state index is -1.90. The van der Waals surface area contributed by atoms with Crippen LogP contribution in [0.1, 0.15) is 46.5 Å². The fourth-order valence-corrected chi connectivity index (χ4v) is 8.06. The van der Waals surface area contributed by atoms with Crippen molar-refractivity contribution >= 4 is 52.5 Å². The Balaban J connectivity index is 1.84. The van der Waals surface area contributed by atoms with Gasteiger partial charge in [0.05, 0.1) is 11.0 Å². The van der Waals surface area contributed by atoms with Gasteiger partial charge >= 0.3 is 11.9 Å². The summed E-state index contributed by atoms with van der Waals surface area (Å²) in [5, 5.41) is 21.9. The molecule has 3 fully saturated rings. The lowest BCUT2D eigenvalue weighted by atomic mass is 9.46. The predicted molar refractivity (Wildman–Crippen MR) is 120 cm³/mol. The molecule has 2 N–H and O–H groups in total. The number of fused-ring (bicyclic) bond motifs is 5. The third-order valence-corrected chi connectivity index (χ3v) is 10.2. The van der Waals surface area contributed by atoms with E-state index in [2.05, 4.69) is 0 Å². The Hall–Kier alpha value is -1.08. The largest absolute Gasteiger partial charge is 0.478 e. The van der Waals surface area contributed by atoms with E-state index in [-0.39, 0.29) is 24.0 Å². The van der Waals surface area contributed by atoms with Crippen LogP contribution in [0.5, 0.6) is 0 Å². The second kappa shape index (κ2) is 7.46. The average molecular weight is 506 g/mol. The standard InChI is InChI=1S/C23H27Cl3O6/c1-11-8-15-14-5-4-12-9-13(27)6-7-20(12,2)22(14,26)16(28)10-21(15,3)23(11,19(30)31)32-18(29)17(24)25/h6-7,9,11,14-17,28H,4-5,8,10H2,1-3H3,(H,30,31)/t11-,14-,15-,16-,20-,21-,22-,23-/m0/s1. The van der Waals surface area contributed by atoms with Crippen LogP contribution in [0.15, 0.2) is 23.8 Å². The summed E-state index contributed by atoms with van der Waals surface area (Å²) in [5.41, 5.74) is -2.86. The van der Waals surface area contributed by atoms with Gasteiger partial charge in [0, 0.05) is 16.7 Å². The Morgan fingerprint density at radius 2 is 1.91 bits per heavy atom. The molecule has 0 aromatic carbocycles. The van der Waals surface area contributed by atoms with E-state index in [1.54, 1.807) is 26.0 Å². The number of aliphatic hydroxyl groups is 1. The van der Waals surface area contributed by atoms with Gasteiger partial charge < -0.3 is 14.9 Å². The highest BCUT2D eigenvalue weighted by atomic mass is 35.5. The molecule has 0 saturated heterocycles. The maximum atomic E-state index is 12.7. The fourth-order valence-electron chi connectivity index (χ4n) is 7.45. The van der Waals surface area contributed by atoms with Crippen molar-refractivity contribution in [3.63, 3.8) is 0 Å². The van der Waals surface area contributed by atoms with Crippen molar-refractivity contribution in [2.75, 3.05) is 0 Å². The Bertz CT molecular complexity index is 946. The van der Waals surface area contributed by atoms with Gasteiger partial charge in [0.1, 0.15) is 0 Å². The maximum absolute atomic E-state index is 12.7. The summed E-state index contributed by atoms with van der Waals surface area (Å²) in [7, 11) is 0. The van der Waals surface area contributed by atoms with Gasteiger partial charge in [-0.2, -0.15) is 0 Å². The molecule has 0 aliphatic heterocycles. The first kappa shape index (κ1) is 24.1. The van der Waals surface area contributed by atoms with Gasteiger partial charge in [-0.1, -0.05) is 55.6 Å². The van der Waals surface area contributed by atoms with Crippen LogP contribution in [0.3, 0.4) is 0 Å². The third kappa shape index (κ3) is 2.79. The molecule has 4 rings (SSSR count). The minimum absolute atomic E-state index is 0.0154. The van der Waals surface area contributed by atoms with Gasteiger partial charge in [-0.05, 0) is 49.7 Å². The lowest BCUT2D eigenvalue weighted by Gasteiger charge is -2.63. The highest BCUT2D eigenvalue weighted by molar-refractivity contribution is 6.53. The molecule has 0 heterocycles. The zero-order chi connectivity index (χ0) is 23.9. The van der Waals surface area contributed by atoms with E-state index in [0.717, 1.165) is 5.57 Å². The Morgan fingerprint density at radius 3 is 2.50 bits per heavy atom. The molecule has 6 nitrogen and oxygen atoms in total. The first-order chi connectivity index (χ1) is 14.8. The van der Waals surface area contributed by atoms with Crippen molar-refractivity contribution in [2.45, 2.75) is 67.9 Å². The van der Waals surface area contributed by atoms with E-state index >= 15 is 0 Å². The lowest BCUT2D eigenvalue weighted by molar-refractivity contribution is -0.211. The third-order valence-electron chi connectivity index (χ3n) is 8.94. The Labute approximate surface area is 201 Å². The Morgan fingerprint density at radius 1 is 1.25 bits per heavy atom. The molecule has 0 aromatic heterocycles. The minimum Gasteiger partial charge on any atom is -0.478 e. The number of ketones is 1. The monoisotopic (exact) mass is 504 g/mol. The molecule has 4 aliphatic rings. The lowest BCUT2D eigenvalue weighted by Crippen LogP contribution is -2.69. The SMILES string of the molecule is C[C@H]1C[C@H]2[C@@H]3CCC4=CC(=O)C=C[C@]4(C)[C@@]3(Cl)[C@@H](O)C[C@]2(C)[C@@]1(OC(=O)C(Cl)Cl)C(=O)O. The van der Waals surface area contributed by atoms with Gasteiger partial charge in [0.2, 0.25) is 10.4 Å². The molecule has 0 radical (unpaired) electrons. The van der Waals surface area contributed by atoms with Crippen molar-refractivity contribution in [3.05, 3.63) is 23.8 Å². The van der Waals surface area contributed by atoms with Crippen molar-refractivity contribution < 1.29 is 29.3 Å². The molecule has 0 unspecified atom stereocenters. The number of carboxylic acids is 1.